The monoisotopic (exact) mass is 592 g/mol. The van der Waals surface area contributed by atoms with Crippen LogP contribution < -0.4 is 0 Å². The van der Waals surface area contributed by atoms with Gasteiger partial charge in [-0.3, -0.25) is 4.79 Å². The number of rotatable bonds is 1. The van der Waals surface area contributed by atoms with E-state index in [2.05, 4.69) is 0 Å². The molecule has 4 aliphatic carbocycles. The van der Waals surface area contributed by atoms with E-state index in [9.17, 15) is 30.0 Å². The van der Waals surface area contributed by atoms with Crippen LogP contribution in [-0.4, -0.2) is 117 Å². The summed E-state index contributed by atoms with van der Waals surface area (Å²) in [6.45, 7) is 3.69. The van der Waals surface area contributed by atoms with E-state index >= 15 is 0 Å². The van der Waals surface area contributed by atoms with Gasteiger partial charge in [-0.1, -0.05) is 6.92 Å². The zero-order chi connectivity index (χ0) is 29.2. The van der Waals surface area contributed by atoms with Gasteiger partial charge in [0.15, 0.2) is 12.6 Å². The molecule has 4 N–H and O–H groups in total. The van der Waals surface area contributed by atoms with Crippen LogP contribution in [0.25, 0.3) is 0 Å². The lowest BCUT2D eigenvalue weighted by molar-refractivity contribution is -0.450. The molecule has 9 rings (SSSR count). The zero-order valence-corrected chi connectivity index (χ0v) is 23.3. The number of esters is 1. The highest BCUT2D eigenvalue weighted by atomic mass is 16.9. The Kier molecular flexibility index (Phi) is 5.11. The molecular weight excluding hydrogens is 556 g/mol. The van der Waals surface area contributed by atoms with Gasteiger partial charge in [0.05, 0.1) is 24.2 Å². The molecule has 4 saturated heterocycles. The molecule has 5 unspecified atom stereocenters. The van der Waals surface area contributed by atoms with Gasteiger partial charge in [0.25, 0.3) is 0 Å². The quantitative estimate of drug-likeness (QED) is 0.162. The van der Waals surface area contributed by atoms with Gasteiger partial charge in [0.1, 0.15) is 47.8 Å². The minimum Gasteiger partial charge on any atom is -0.458 e. The number of aliphatic hydroxyl groups is 4. The molecule has 0 aromatic rings. The third-order valence-electron chi connectivity index (χ3n) is 12.5. The Balaban J connectivity index is 1.11. The van der Waals surface area contributed by atoms with Gasteiger partial charge in [-0.25, -0.2) is 4.79 Å². The summed E-state index contributed by atoms with van der Waals surface area (Å²) in [5.41, 5.74) is -5.69. The first kappa shape index (κ1) is 26.8. The Bertz CT molecular complexity index is 1300. The van der Waals surface area contributed by atoms with Crippen LogP contribution in [-0.2, 0) is 42.7 Å². The van der Waals surface area contributed by atoms with E-state index in [0.717, 1.165) is 0 Å². The minimum atomic E-state index is -1.93. The molecule has 5 heterocycles. The summed E-state index contributed by atoms with van der Waals surface area (Å²) in [7, 11) is 0. The number of carbonyl (C=O) groups excluding carboxylic acids is 2. The molecule has 230 valence electrons. The van der Waals surface area contributed by atoms with Gasteiger partial charge in [-0.2, -0.15) is 0 Å². The first-order valence-electron chi connectivity index (χ1n) is 15.0. The van der Waals surface area contributed by atoms with Crippen molar-refractivity contribution in [3.8, 4) is 0 Å². The lowest BCUT2D eigenvalue weighted by Crippen LogP contribution is -2.81. The fraction of sp³-hybridized carbons (Fsp3) is 0.862. The fourth-order valence-corrected chi connectivity index (χ4v) is 10.8. The lowest BCUT2D eigenvalue weighted by atomic mass is 9.42. The summed E-state index contributed by atoms with van der Waals surface area (Å²) in [5.74, 6) is -5.30. The zero-order valence-electron chi connectivity index (χ0n) is 23.3. The second-order valence-electron chi connectivity index (χ2n) is 14.2. The van der Waals surface area contributed by atoms with Crippen LogP contribution in [0.3, 0.4) is 0 Å². The van der Waals surface area contributed by atoms with Crippen LogP contribution in [0.4, 0.5) is 0 Å². The number of ether oxygens (including phenoxy) is 7. The number of hydrogen-bond acceptors (Lipinski definition) is 13. The summed E-state index contributed by atoms with van der Waals surface area (Å²) in [6, 6.07) is 0. The molecule has 2 spiro atoms. The van der Waals surface area contributed by atoms with E-state index < -0.39 is 100 Å². The summed E-state index contributed by atoms with van der Waals surface area (Å²) in [4.78, 5) is 25.9. The maximum Gasteiger partial charge on any atom is 0.331 e. The van der Waals surface area contributed by atoms with Crippen molar-refractivity contribution in [2.24, 2.45) is 23.2 Å². The van der Waals surface area contributed by atoms with Crippen molar-refractivity contribution in [1.82, 2.24) is 0 Å². The molecule has 13 heteroatoms. The molecular formula is C29H36O13. The molecule has 0 radical (unpaired) electrons. The number of epoxide rings is 1. The van der Waals surface area contributed by atoms with Crippen LogP contribution in [0.5, 0.6) is 0 Å². The number of ketones is 1. The Hall–Kier alpha value is -1.52. The highest BCUT2D eigenvalue weighted by molar-refractivity contribution is 5.91. The molecule has 13 nitrogen and oxygen atoms in total. The molecule has 5 aliphatic heterocycles. The summed E-state index contributed by atoms with van der Waals surface area (Å²) < 4.78 is 42.2. The van der Waals surface area contributed by atoms with E-state index in [4.69, 9.17) is 33.2 Å². The van der Waals surface area contributed by atoms with Crippen molar-refractivity contribution < 1.29 is 63.2 Å². The first-order valence-corrected chi connectivity index (χ1v) is 15.0. The Labute approximate surface area is 241 Å². The summed E-state index contributed by atoms with van der Waals surface area (Å²) >= 11 is 0. The third kappa shape index (κ3) is 2.82. The minimum absolute atomic E-state index is 0.00874. The summed E-state index contributed by atoms with van der Waals surface area (Å²) in [5, 5.41) is 48.6. The highest BCUT2D eigenvalue weighted by Crippen LogP contribution is 2.74. The van der Waals surface area contributed by atoms with Crippen LogP contribution >= 0.6 is 0 Å². The predicted octanol–water partition coefficient (Wildman–Crippen LogP) is -1.18. The average molecular weight is 593 g/mol. The highest BCUT2D eigenvalue weighted by Gasteiger charge is 2.88. The molecule has 0 aromatic carbocycles. The predicted molar refractivity (Wildman–Crippen MR) is 133 cm³/mol. The maximum absolute atomic E-state index is 14.0. The maximum atomic E-state index is 14.0. The van der Waals surface area contributed by atoms with E-state index in [1.807, 2.05) is 6.92 Å². The van der Waals surface area contributed by atoms with Crippen molar-refractivity contribution in [1.29, 1.82) is 0 Å². The Morgan fingerprint density at radius 1 is 1.02 bits per heavy atom. The largest absolute Gasteiger partial charge is 0.458 e. The standard InChI is InChI=1S/C29H36O13/c1-11-5-15-29(38-10-37-15)24(39-11)40-21-14(41-29)7-25(2)22-20(32)19(31)18-13(12-6-17(30)36-9-12)3-4-26(18,34)27(22,35)8-16-28(25,42-16)23(21)33/h6,11,13-16,18,20-24,32-35H,3-5,7-10H2,1-2H3/t11-,13-,14?,15-,16-,18?,20-,21?,22?,23+,24?,25-,26-,27+,28+,29+/m1/s1. The smallest absolute Gasteiger partial charge is 0.331 e. The van der Waals surface area contributed by atoms with E-state index in [1.54, 1.807) is 6.92 Å². The van der Waals surface area contributed by atoms with Crippen LogP contribution in [0.1, 0.15) is 46.0 Å². The topological polar surface area (TPSA) is 183 Å². The van der Waals surface area contributed by atoms with Crippen LogP contribution in [0, 0.1) is 23.2 Å². The number of cyclic esters (lactones) is 1. The fourth-order valence-electron chi connectivity index (χ4n) is 10.8. The van der Waals surface area contributed by atoms with Gasteiger partial charge in [-0.15, -0.1) is 0 Å². The molecule has 0 bridgehead atoms. The number of Topliss-reactive ketones (excluding diaryl/α,β-unsaturated/α-hetero) is 1. The molecule has 4 saturated carbocycles. The SMILES string of the molecule is C[C@@H]1C[C@H]2OCO[C@]23OC2C[C@]4(C)C5[C@H](O)C(=O)C6[C@@H](C7=CC(=O)OC7)CC[C@]6(O)[C@]5(O)C[C@H]5O[C@]54[C@@H](O)C2OC3O1. The molecule has 16 atom stereocenters. The van der Waals surface area contributed by atoms with E-state index in [1.165, 1.54) is 6.08 Å². The number of hydrogen-bond donors (Lipinski definition) is 4. The summed E-state index contributed by atoms with van der Waals surface area (Å²) in [6.07, 6.45) is -4.45. The van der Waals surface area contributed by atoms with Crippen molar-refractivity contribution in [2.75, 3.05) is 13.4 Å². The number of aliphatic hydroxyl groups excluding tert-OH is 2. The molecule has 8 fully saturated rings. The molecule has 42 heavy (non-hydrogen) atoms. The van der Waals surface area contributed by atoms with Gasteiger partial charge in [0.2, 0.25) is 12.1 Å². The van der Waals surface area contributed by atoms with Crippen LogP contribution in [0.15, 0.2) is 11.6 Å². The second kappa shape index (κ2) is 8.00. The van der Waals surface area contributed by atoms with Crippen molar-refractivity contribution in [3.63, 3.8) is 0 Å². The number of carbonyl (C=O) groups is 2. The normalized spacial score (nSPS) is 62.4. The van der Waals surface area contributed by atoms with E-state index in [0.29, 0.717) is 18.4 Å². The average Bonchev–Trinajstić information content (AvgIpc) is 3.18. The Morgan fingerprint density at radius 2 is 1.83 bits per heavy atom. The molecule has 9 aliphatic rings. The van der Waals surface area contributed by atoms with Crippen molar-refractivity contribution in [3.05, 3.63) is 11.6 Å². The van der Waals surface area contributed by atoms with Gasteiger partial charge in [-0.05, 0) is 37.7 Å². The number of fused-ring (bicyclic) bond motifs is 5. The van der Waals surface area contributed by atoms with Gasteiger partial charge < -0.3 is 53.6 Å². The van der Waals surface area contributed by atoms with Crippen molar-refractivity contribution >= 4 is 11.8 Å². The lowest BCUT2D eigenvalue weighted by Gasteiger charge is -2.66. The second-order valence-corrected chi connectivity index (χ2v) is 14.2. The molecule has 0 amide bonds. The Morgan fingerprint density at radius 3 is 2.60 bits per heavy atom. The molecule has 0 aromatic heterocycles. The third-order valence-corrected chi connectivity index (χ3v) is 12.5. The van der Waals surface area contributed by atoms with Crippen LogP contribution in [0.2, 0.25) is 0 Å². The van der Waals surface area contributed by atoms with Gasteiger partial charge >= 0.3 is 5.97 Å². The van der Waals surface area contributed by atoms with Gasteiger partial charge in [0, 0.05) is 30.3 Å². The van der Waals surface area contributed by atoms with E-state index in [-0.39, 0.29) is 38.8 Å². The first-order chi connectivity index (χ1) is 19.9. The van der Waals surface area contributed by atoms with Crippen molar-refractivity contribution in [2.45, 2.75) is 118 Å².